The van der Waals surface area contributed by atoms with Crippen molar-refractivity contribution >= 4 is 10.0 Å². The lowest BCUT2D eigenvalue weighted by atomic mass is 10.2. The first-order valence-corrected chi connectivity index (χ1v) is 8.01. The molecule has 104 valence electrons. The molecule has 1 saturated heterocycles. The minimum atomic E-state index is -3.08. The Bertz CT molecular complexity index is 394. The van der Waals surface area contributed by atoms with Crippen LogP contribution in [0.5, 0.6) is 0 Å². The Morgan fingerprint density at radius 3 is 2.22 bits per heavy atom. The van der Waals surface area contributed by atoms with Gasteiger partial charge in [-0.1, -0.05) is 0 Å². The van der Waals surface area contributed by atoms with Gasteiger partial charge in [0.25, 0.3) is 0 Å². The Hall–Kier alpha value is -0.680. The van der Waals surface area contributed by atoms with Crippen molar-refractivity contribution in [3.8, 4) is 6.07 Å². The SMILES string of the molecule is CC(C)NC(C#N)CN1CCN(S(C)(=O)=O)CC1. The molecule has 0 aromatic heterocycles. The minimum Gasteiger partial charge on any atom is -0.299 e. The van der Waals surface area contributed by atoms with Crippen molar-refractivity contribution < 1.29 is 8.42 Å². The maximum absolute atomic E-state index is 11.4. The van der Waals surface area contributed by atoms with Gasteiger partial charge >= 0.3 is 0 Å². The summed E-state index contributed by atoms with van der Waals surface area (Å²) in [6, 6.07) is 2.31. The smallest absolute Gasteiger partial charge is 0.211 e. The summed E-state index contributed by atoms with van der Waals surface area (Å²) in [7, 11) is -3.08. The molecular formula is C11H22N4O2S. The number of nitrogens with zero attached hydrogens (tertiary/aromatic N) is 3. The van der Waals surface area contributed by atoms with Crippen LogP contribution in [0.4, 0.5) is 0 Å². The van der Waals surface area contributed by atoms with Crippen LogP contribution in [0.25, 0.3) is 0 Å². The molecular weight excluding hydrogens is 252 g/mol. The summed E-state index contributed by atoms with van der Waals surface area (Å²) in [6.07, 6.45) is 1.24. The standard InChI is InChI=1S/C11H22N4O2S/c1-10(2)13-11(8-12)9-14-4-6-15(7-5-14)18(3,16)17/h10-11,13H,4-7,9H2,1-3H3. The Balaban J connectivity index is 2.42. The zero-order valence-corrected chi connectivity index (χ0v) is 12.1. The molecule has 0 radical (unpaired) electrons. The lowest BCUT2D eigenvalue weighted by molar-refractivity contribution is 0.179. The Labute approximate surface area is 110 Å². The van der Waals surface area contributed by atoms with Gasteiger partial charge in [0.15, 0.2) is 0 Å². The molecule has 7 heteroatoms. The normalized spacial score (nSPS) is 20.8. The molecule has 1 rings (SSSR count). The van der Waals surface area contributed by atoms with E-state index in [9.17, 15) is 8.42 Å². The van der Waals surface area contributed by atoms with Crippen LogP contribution in [0, 0.1) is 11.3 Å². The summed E-state index contributed by atoms with van der Waals surface area (Å²) >= 11 is 0. The highest BCUT2D eigenvalue weighted by Crippen LogP contribution is 2.06. The summed E-state index contributed by atoms with van der Waals surface area (Å²) in [5.41, 5.74) is 0. The highest BCUT2D eigenvalue weighted by molar-refractivity contribution is 7.88. The van der Waals surface area contributed by atoms with E-state index < -0.39 is 10.0 Å². The van der Waals surface area contributed by atoms with Gasteiger partial charge in [0.1, 0.15) is 6.04 Å². The van der Waals surface area contributed by atoms with E-state index in [0.717, 1.165) is 0 Å². The maximum Gasteiger partial charge on any atom is 0.211 e. The predicted molar refractivity (Wildman–Crippen MR) is 70.5 cm³/mol. The lowest BCUT2D eigenvalue weighted by Gasteiger charge is -2.34. The van der Waals surface area contributed by atoms with Crippen LogP contribution in [0.1, 0.15) is 13.8 Å². The second-order valence-corrected chi connectivity index (χ2v) is 6.95. The summed E-state index contributed by atoms with van der Waals surface area (Å²) < 4.78 is 24.2. The third-order valence-electron chi connectivity index (χ3n) is 2.93. The van der Waals surface area contributed by atoms with Gasteiger partial charge in [-0.15, -0.1) is 0 Å². The molecule has 0 aromatic carbocycles. The maximum atomic E-state index is 11.4. The first-order chi connectivity index (χ1) is 8.32. The molecule has 1 aliphatic rings. The fraction of sp³-hybridized carbons (Fsp3) is 0.909. The number of sulfonamides is 1. The van der Waals surface area contributed by atoms with Crippen LogP contribution in [-0.2, 0) is 10.0 Å². The zero-order valence-electron chi connectivity index (χ0n) is 11.3. The summed E-state index contributed by atoms with van der Waals surface area (Å²) in [4.78, 5) is 2.13. The van der Waals surface area contributed by atoms with E-state index in [2.05, 4.69) is 16.3 Å². The van der Waals surface area contributed by atoms with E-state index in [4.69, 9.17) is 5.26 Å². The van der Waals surface area contributed by atoms with Gasteiger partial charge in [-0.3, -0.25) is 10.2 Å². The van der Waals surface area contributed by atoms with E-state index in [1.165, 1.54) is 10.6 Å². The molecule has 1 unspecified atom stereocenters. The molecule has 1 heterocycles. The second kappa shape index (κ2) is 6.48. The molecule has 0 aromatic rings. The van der Waals surface area contributed by atoms with Crippen molar-refractivity contribution in [1.29, 1.82) is 5.26 Å². The minimum absolute atomic E-state index is 0.199. The number of hydrogen-bond acceptors (Lipinski definition) is 5. The monoisotopic (exact) mass is 274 g/mol. The van der Waals surface area contributed by atoms with Gasteiger partial charge < -0.3 is 0 Å². The Morgan fingerprint density at radius 1 is 1.28 bits per heavy atom. The molecule has 1 fully saturated rings. The van der Waals surface area contributed by atoms with Gasteiger partial charge in [-0.2, -0.15) is 9.57 Å². The molecule has 0 spiro atoms. The van der Waals surface area contributed by atoms with E-state index in [0.29, 0.717) is 32.7 Å². The summed E-state index contributed by atoms with van der Waals surface area (Å²) in [5, 5.41) is 12.2. The summed E-state index contributed by atoms with van der Waals surface area (Å²) in [5.74, 6) is 0. The van der Waals surface area contributed by atoms with Crippen LogP contribution in [-0.4, -0.2) is 68.7 Å². The molecule has 1 N–H and O–H groups in total. The van der Waals surface area contributed by atoms with Crippen LogP contribution in [0.2, 0.25) is 0 Å². The van der Waals surface area contributed by atoms with Crippen LogP contribution < -0.4 is 5.32 Å². The fourth-order valence-electron chi connectivity index (χ4n) is 2.04. The first-order valence-electron chi connectivity index (χ1n) is 6.16. The Kier molecular flexibility index (Phi) is 5.53. The van der Waals surface area contributed by atoms with Gasteiger partial charge in [0, 0.05) is 38.8 Å². The van der Waals surface area contributed by atoms with Crippen LogP contribution in [0.15, 0.2) is 0 Å². The molecule has 0 saturated carbocycles. The van der Waals surface area contributed by atoms with E-state index in [-0.39, 0.29) is 12.1 Å². The number of nitrogens with one attached hydrogen (secondary N) is 1. The topological polar surface area (TPSA) is 76.4 Å². The molecule has 6 nitrogen and oxygen atoms in total. The molecule has 18 heavy (non-hydrogen) atoms. The predicted octanol–water partition coefficient (Wildman–Crippen LogP) is -0.546. The van der Waals surface area contributed by atoms with Crippen molar-refractivity contribution in [1.82, 2.24) is 14.5 Å². The van der Waals surface area contributed by atoms with E-state index in [1.807, 2.05) is 13.8 Å². The van der Waals surface area contributed by atoms with Crippen molar-refractivity contribution in [3.63, 3.8) is 0 Å². The average Bonchev–Trinajstić information content (AvgIpc) is 2.27. The van der Waals surface area contributed by atoms with Gasteiger partial charge in [0.2, 0.25) is 10.0 Å². The largest absolute Gasteiger partial charge is 0.299 e. The van der Waals surface area contributed by atoms with Crippen LogP contribution in [0.3, 0.4) is 0 Å². The highest BCUT2D eigenvalue weighted by Gasteiger charge is 2.24. The molecule has 1 atom stereocenters. The zero-order chi connectivity index (χ0) is 13.8. The van der Waals surface area contributed by atoms with Gasteiger partial charge in [-0.25, -0.2) is 8.42 Å². The van der Waals surface area contributed by atoms with Crippen molar-refractivity contribution in [3.05, 3.63) is 0 Å². The third-order valence-corrected chi connectivity index (χ3v) is 4.23. The molecule has 1 aliphatic heterocycles. The molecule has 0 aliphatic carbocycles. The Morgan fingerprint density at radius 2 is 1.83 bits per heavy atom. The van der Waals surface area contributed by atoms with Crippen molar-refractivity contribution in [2.24, 2.45) is 0 Å². The van der Waals surface area contributed by atoms with Crippen LogP contribution >= 0.6 is 0 Å². The summed E-state index contributed by atoms with van der Waals surface area (Å²) in [6.45, 7) is 7.05. The van der Waals surface area contributed by atoms with Gasteiger partial charge in [0.05, 0.1) is 12.3 Å². The van der Waals surface area contributed by atoms with Crippen molar-refractivity contribution in [2.45, 2.75) is 25.9 Å². The lowest BCUT2D eigenvalue weighted by Crippen LogP contribution is -2.52. The first kappa shape index (κ1) is 15.4. The quantitative estimate of drug-likeness (QED) is 0.728. The molecule has 0 bridgehead atoms. The number of nitriles is 1. The second-order valence-electron chi connectivity index (χ2n) is 4.97. The van der Waals surface area contributed by atoms with Crippen molar-refractivity contribution in [2.75, 3.05) is 39.0 Å². The number of hydrogen-bond donors (Lipinski definition) is 1. The number of rotatable bonds is 5. The fourth-order valence-corrected chi connectivity index (χ4v) is 2.86. The number of piperazine rings is 1. The highest BCUT2D eigenvalue weighted by atomic mass is 32.2. The van der Waals surface area contributed by atoms with Gasteiger partial charge in [-0.05, 0) is 13.8 Å². The average molecular weight is 274 g/mol. The third kappa shape index (κ3) is 4.90. The molecule has 0 amide bonds. The van der Waals surface area contributed by atoms with E-state index >= 15 is 0 Å². The van der Waals surface area contributed by atoms with E-state index in [1.54, 1.807) is 0 Å².